The SMILES string of the molecule is c1ccc(-c2nnc(-c3ccccc3)n2-c2ccc(-c3cnc4c(-n5c6ccccc6c6ccccc65)ccc(-n5c6ccccc6c6ccccc65)c4n3)cc2)cc1. The van der Waals surface area contributed by atoms with Gasteiger partial charge in [-0.1, -0.05) is 146 Å². The van der Waals surface area contributed by atoms with Crippen molar-refractivity contribution in [1.82, 2.24) is 33.9 Å². The molecule has 0 saturated carbocycles. The van der Waals surface area contributed by atoms with Gasteiger partial charge in [0.15, 0.2) is 11.6 Å². The van der Waals surface area contributed by atoms with Crippen molar-refractivity contribution in [3.05, 3.63) is 200 Å². The Morgan fingerprint density at radius 2 is 0.729 bits per heavy atom. The maximum atomic E-state index is 5.54. The largest absolute Gasteiger partial charge is 0.307 e. The van der Waals surface area contributed by atoms with Crippen molar-refractivity contribution in [1.29, 1.82) is 0 Å². The molecule has 276 valence electrons. The summed E-state index contributed by atoms with van der Waals surface area (Å²) in [5, 5.41) is 14.2. The normalized spacial score (nSPS) is 11.7. The minimum atomic E-state index is 0.774. The van der Waals surface area contributed by atoms with E-state index >= 15 is 0 Å². The molecule has 0 aliphatic carbocycles. The molecular formula is C52H33N7. The van der Waals surface area contributed by atoms with E-state index in [2.05, 4.69) is 182 Å². The van der Waals surface area contributed by atoms with Gasteiger partial charge in [0.25, 0.3) is 0 Å². The van der Waals surface area contributed by atoms with Gasteiger partial charge in [-0.2, -0.15) is 0 Å². The minimum Gasteiger partial charge on any atom is -0.307 e. The lowest BCUT2D eigenvalue weighted by molar-refractivity contribution is 1.07. The fourth-order valence-electron chi connectivity index (χ4n) is 8.79. The molecule has 0 aliphatic heterocycles. The number of hydrogen-bond donors (Lipinski definition) is 0. The molecule has 7 nitrogen and oxygen atoms in total. The van der Waals surface area contributed by atoms with Gasteiger partial charge in [-0.15, -0.1) is 10.2 Å². The Morgan fingerprint density at radius 1 is 0.322 bits per heavy atom. The highest BCUT2D eigenvalue weighted by molar-refractivity contribution is 6.12. The summed E-state index contributed by atoms with van der Waals surface area (Å²) in [5.74, 6) is 1.55. The van der Waals surface area contributed by atoms with Crippen molar-refractivity contribution in [2.75, 3.05) is 0 Å². The molecule has 4 aromatic heterocycles. The Bertz CT molecular complexity index is 3380. The van der Waals surface area contributed by atoms with Crippen LogP contribution in [0.15, 0.2) is 200 Å². The van der Waals surface area contributed by atoms with Crippen LogP contribution >= 0.6 is 0 Å². The second-order valence-corrected chi connectivity index (χ2v) is 14.8. The third-order valence-corrected chi connectivity index (χ3v) is 11.4. The smallest absolute Gasteiger partial charge is 0.168 e. The van der Waals surface area contributed by atoms with Gasteiger partial charge in [-0.05, 0) is 48.5 Å². The van der Waals surface area contributed by atoms with Crippen LogP contribution in [0.2, 0.25) is 0 Å². The van der Waals surface area contributed by atoms with Crippen molar-refractivity contribution in [3.63, 3.8) is 0 Å². The molecule has 59 heavy (non-hydrogen) atoms. The van der Waals surface area contributed by atoms with Crippen LogP contribution in [0.1, 0.15) is 0 Å². The molecule has 7 heteroatoms. The Hall–Kier alpha value is -8.16. The Balaban J connectivity index is 1.08. The highest BCUT2D eigenvalue weighted by atomic mass is 15.3. The molecule has 0 fully saturated rings. The molecule has 0 radical (unpaired) electrons. The molecule has 8 aromatic carbocycles. The van der Waals surface area contributed by atoms with Crippen molar-refractivity contribution < 1.29 is 0 Å². The van der Waals surface area contributed by atoms with E-state index in [4.69, 9.17) is 9.97 Å². The van der Waals surface area contributed by atoms with E-state index in [9.17, 15) is 0 Å². The number of rotatable bonds is 6. The molecule has 0 saturated heterocycles. The van der Waals surface area contributed by atoms with Gasteiger partial charge in [-0.25, -0.2) is 4.98 Å². The van der Waals surface area contributed by atoms with E-state index in [1.165, 1.54) is 21.5 Å². The first-order valence-corrected chi connectivity index (χ1v) is 19.7. The first kappa shape index (κ1) is 33.0. The Morgan fingerprint density at radius 3 is 1.19 bits per heavy atom. The quantitative estimate of drug-likeness (QED) is 0.169. The van der Waals surface area contributed by atoms with Gasteiger partial charge in [0.2, 0.25) is 0 Å². The predicted molar refractivity (Wildman–Crippen MR) is 239 cm³/mol. The van der Waals surface area contributed by atoms with Crippen LogP contribution in [-0.4, -0.2) is 33.9 Å². The molecule has 0 bridgehead atoms. The van der Waals surface area contributed by atoms with Crippen molar-refractivity contribution >= 4 is 54.6 Å². The summed E-state index contributed by atoms with van der Waals surface area (Å²) in [4.78, 5) is 10.9. The molecule has 0 aliphatic rings. The highest BCUT2D eigenvalue weighted by Gasteiger charge is 2.22. The average molecular weight is 756 g/mol. The second kappa shape index (κ2) is 13.2. The molecule has 12 rings (SSSR count). The predicted octanol–water partition coefficient (Wildman–Crippen LogP) is 12.4. The number of benzene rings is 8. The summed E-state index contributed by atoms with van der Waals surface area (Å²) in [6.45, 7) is 0. The second-order valence-electron chi connectivity index (χ2n) is 14.8. The molecule has 0 N–H and O–H groups in total. The van der Waals surface area contributed by atoms with Crippen LogP contribution in [-0.2, 0) is 0 Å². The highest BCUT2D eigenvalue weighted by Crippen LogP contribution is 2.39. The first-order valence-electron chi connectivity index (χ1n) is 19.7. The van der Waals surface area contributed by atoms with Crippen molar-refractivity contribution in [2.45, 2.75) is 0 Å². The Kier molecular flexibility index (Phi) is 7.40. The monoisotopic (exact) mass is 755 g/mol. The van der Waals surface area contributed by atoms with E-state index in [1.807, 2.05) is 42.6 Å². The van der Waals surface area contributed by atoms with Gasteiger partial charge in [0.1, 0.15) is 11.0 Å². The lowest BCUT2D eigenvalue weighted by Crippen LogP contribution is -2.03. The van der Waals surface area contributed by atoms with Crippen LogP contribution in [0.4, 0.5) is 0 Å². The first-order chi connectivity index (χ1) is 29.3. The maximum absolute atomic E-state index is 5.54. The number of para-hydroxylation sites is 4. The standard InChI is InChI=1S/C52H33N7/c1-3-15-35(16-4-1)51-55-56-52(36-17-5-2-6-18-36)57(51)37-29-27-34(28-30-37)42-33-53-49-47(58-43-23-11-7-19-38(43)39-20-8-12-24-44(39)58)31-32-48(50(49)54-42)59-45-25-13-9-21-40(45)41-22-10-14-26-46(41)59/h1-33H. The van der Waals surface area contributed by atoms with Gasteiger partial charge in [0, 0.05) is 43.9 Å². The number of hydrogen-bond acceptors (Lipinski definition) is 4. The summed E-state index contributed by atoms with van der Waals surface area (Å²) in [6, 6.07) is 67.7. The number of fused-ring (bicyclic) bond motifs is 7. The van der Waals surface area contributed by atoms with Gasteiger partial charge < -0.3 is 9.13 Å². The fourth-order valence-corrected chi connectivity index (χ4v) is 8.79. The van der Waals surface area contributed by atoms with Gasteiger partial charge in [-0.3, -0.25) is 9.55 Å². The third-order valence-electron chi connectivity index (χ3n) is 11.4. The third kappa shape index (κ3) is 5.15. The summed E-state index contributed by atoms with van der Waals surface area (Å²) < 4.78 is 6.80. The summed E-state index contributed by atoms with van der Waals surface area (Å²) in [5.41, 5.74) is 12.7. The van der Waals surface area contributed by atoms with Crippen LogP contribution in [0.5, 0.6) is 0 Å². The average Bonchev–Trinajstić information content (AvgIpc) is 4.00. The zero-order valence-electron chi connectivity index (χ0n) is 31.7. The summed E-state index contributed by atoms with van der Waals surface area (Å²) >= 11 is 0. The number of nitrogens with zero attached hydrogens (tertiary/aromatic N) is 7. The summed E-state index contributed by atoms with van der Waals surface area (Å²) in [6.07, 6.45) is 1.91. The molecule has 0 spiro atoms. The van der Waals surface area contributed by atoms with Crippen LogP contribution < -0.4 is 0 Å². The fraction of sp³-hybridized carbons (Fsp3) is 0. The van der Waals surface area contributed by atoms with Crippen molar-refractivity contribution in [2.24, 2.45) is 0 Å². The van der Waals surface area contributed by atoms with E-state index in [0.717, 1.165) is 84.2 Å². The van der Waals surface area contributed by atoms with Crippen molar-refractivity contribution in [3.8, 4) is 51.1 Å². The lowest BCUT2D eigenvalue weighted by Gasteiger charge is -2.16. The molecule has 12 aromatic rings. The van der Waals surface area contributed by atoms with Crippen LogP contribution in [0, 0.1) is 0 Å². The molecular weight excluding hydrogens is 723 g/mol. The summed E-state index contributed by atoms with van der Waals surface area (Å²) in [7, 11) is 0. The molecule has 4 heterocycles. The zero-order valence-corrected chi connectivity index (χ0v) is 31.7. The molecule has 0 amide bonds. The number of aromatic nitrogens is 7. The van der Waals surface area contributed by atoms with E-state index in [0.29, 0.717) is 0 Å². The molecule has 0 atom stereocenters. The Labute approximate surface area is 338 Å². The van der Waals surface area contributed by atoms with E-state index in [1.54, 1.807) is 0 Å². The topological polar surface area (TPSA) is 66.3 Å². The van der Waals surface area contributed by atoms with Crippen LogP contribution in [0.3, 0.4) is 0 Å². The zero-order chi connectivity index (χ0) is 38.9. The van der Waals surface area contributed by atoms with Crippen LogP contribution in [0.25, 0.3) is 106 Å². The molecule has 0 unspecified atom stereocenters. The maximum Gasteiger partial charge on any atom is 0.168 e. The van der Waals surface area contributed by atoms with E-state index in [-0.39, 0.29) is 0 Å². The minimum absolute atomic E-state index is 0.774. The van der Waals surface area contributed by atoms with Gasteiger partial charge in [0.05, 0.1) is 45.3 Å². The van der Waals surface area contributed by atoms with Gasteiger partial charge >= 0.3 is 0 Å². The lowest BCUT2D eigenvalue weighted by atomic mass is 10.1. The van der Waals surface area contributed by atoms with E-state index < -0.39 is 0 Å².